The van der Waals surface area contributed by atoms with Crippen molar-refractivity contribution < 1.29 is 4.79 Å². The average molecular weight is 290 g/mol. The maximum atomic E-state index is 12.7. The van der Waals surface area contributed by atoms with Crippen molar-refractivity contribution in [1.82, 2.24) is 10.2 Å². The highest BCUT2D eigenvalue weighted by Gasteiger charge is 2.31. The molecule has 2 atom stereocenters. The van der Waals surface area contributed by atoms with Gasteiger partial charge in [-0.25, -0.2) is 0 Å². The Morgan fingerprint density at radius 3 is 3.10 bits per heavy atom. The van der Waals surface area contributed by atoms with Crippen molar-refractivity contribution in [3.63, 3.8) is 0 Å². The Labute approximate surface area is 125 Å². The number of amides is 1. The summed E-state index contributed by atoms with van der Waals surface area (Å²) in [5.41, 5.74) is 1.22. The highest BCUT2D eigenvalue weighted by Crippen LogP contribution is 2.40. The molecule has 0 spiro atoms. The van der Waals surface area contributed by atoms with Gasteiger partial charge in [0, 0.05) is 24.2 Å². The third-order valence-corrected chi connectivity index (χ3v) is 5.49. The Kier molecular flexibility index (Phi) is 4.32. The smallest absolute Gasteiger partial charge is 0.230 e. The van der Waals surface area contributed by atoms with Crippen LogP contribution in [0.15, 0.2) is 29.2 Å². The zero-order chi connectivity index (χ0) is 13.9. The molecule has 3 rings (SSSR count). The maximum absolute atomic E-state index is 12.7. The predicted octanol–water partition coefficient (Wildman–Crippen LogP) is 2.33. The van der Waals surface area contributed by atoms with Crippen molar-refractivity contribution in [2.45, 2.75) is 23.7 Å². The van der Waals surface area contributed by atoms with E-state index < -0.39 is 0 Å². The van der Waals surface area contributed by atoms with E-state index >= 15 is 0 Å². The summed E-state index contributed by atoms with van der Waals surface area (Å²) in [5, 5.41) is 3.42. The molecule has 0 aromatic heterocycles. The lowest BCUT2D eigenvalue weighted by Gasteiger charge is -2.29. The number of thioether (sulfide) groups is 1. The number of nitrogens with zero attached hydrogens (tertiary/aromatic N) is 1. The number of rotatable bonds is 3. The number of fused-ring (bicyclic) bond motifs is 1. The van der Waals surface area contributed by atoms with Crippen molar-refractivity contribution in [2.24, 2.45) is 5.92 Å². The van der Waals surface area contributed by atoms with Crippen LogP contribution in [0.3, 0.4) is 0 Å². The molecule has 0 radical (unpaired) electrons. The van der Waals surface area contributed by atoms with Gasteiger partial charge in [-0.05, 0) is 43.5 Å². The van der Waals surface area contributed by atoms with E-state index in [-0.39, 0.29) is 11.8 Å². The summed E-state index contributed by atoms with van der Waals surface area (Å²) in [6, 6.07) is 8.32. The minimum Gasteiger partial charge on any atom is -0.345 e. The molecular formula is C16H22N2OS. The van der Waals surface area contributed by atoms with E-state index in [9.17, 15) is 4.79 Å². The van der Waals surface area contributed by atoms with Crippen molar-refractivity contribution in [3.05, 3.63) is 29.8 Å². The number of carbonyl (C=O) groups is 1. The minimum absolute atomic E-state index is 0.0535. The van der Waals surface area contributed by atoms with Crippen LogP contribution in [0.1, 0.15) is 24.3 Å². The fourth-order valence-electron chi connectivity index (χ4n) is 3.19. The summed E-state index contributed by atoms with van der Waals surface area (Å²) in [4.78, 5) is 15.9. The zero-order valence-corrected chi connectivity index (χ0v) is 12.8. The lowest BCUT2D eigenvalue weighted by atomic mass is 9.97. The quantitative estimate of drug-likeness (QED) is 0.927. The summed E-state index contributed by atoms with van der Waals surface area (Å²) < 4.78 is 0. The molecule has 0 aliphatic carbocycles. The molecule has 2 aliphatic rings. The predicted molar refractivity (Wildman–Crippen MR) is 83.1 cm³/mol. The van der Waals surface area contributed by atoms with Gasteiger partial charge in [-0.15, -0.1) is 11.8 Å². The molecule has 0 bridgehead atoms. The molecule has 20 heavy (non-hydrogen) atoms. The lowest BCUT2D eigenvalue weighted by Crippen LogP contribution is -2.40. The second kappa shape index (κ2) is 6.19. The number of benzene rings is 1. The van der Waals surface area contributed by atoms with Crippen LogP contribution >= 0.6 is 11.8 Å². The summed E-state index contributed by atoms with van der Waals surface area (Å²) in [6.45, 7) is 3.06. The van der Waals surface area contributed by atoms with E-state index in [1.165, 1.54) is 23.3 Å². The Bertz CT molecular complexity index is 485. The molecule has 108 valence electrons. The summed E-state index contributed by atoms with van der Waals surface area (Å²) in [5.74, 6) is 1.85. The first-order valence-electron chi connectivity index (χ1n) is 7.43. The number of carbonyl (C=O) groups excluding carboxylic acids is 1. The number of hydrogen-bond donors (Lipinski definition) is 1. The van der Waals surface area contributed by atoms with E-state index in [1.807, 2.05) is 29.8 Å². The van der Waals surface area contributed by atoms with Crippen LogP contribution in [0, 0.1) is 5.92 Å². The molecule has 1 aromatic carbocycles. The molecular weight excluding hydrogens is 268 g/mol. The average Bonchev–Trinajstić information content (AvgIpc) is 2.91. The number of piperidine rings is 1. The molecule has 1 amide bonds. The Hall–Kier alpha value is -1.00. The summed E-state index contributed by atoms with van der Waals surface area (Å²) in [6.07, 6.45) is 2.47. The van der Waals surface area contributed by atoms with E-state index in [0.717, 1.165) is 25.4 Å². The van der Waals surface area contributed by atoms with Gasteiger partial charge in [-0.2, -0.15) is 0 Å². The van der Waals surface area contributed by atoms with Crippen molar-refractivity contribution in [2.75, 3.05) is 32.4 Å². The van der Waals surface area contributed by atoms with Crippen LogP contribution in [0.4, 0.5) is 0 Å². The molecule has 0 saturated carbocycles. The van der Waals surface area contributed by atoms with Gasteiger partial charge in [0.05, 0.1) is 5.92 Å². The van der Waals surface area contributed by atoms with Crippen LogP contribution in [-0.4, -0.2) is 43.2 Å². The van der Waals surface area contributed by atoms with E-state index in [4.69, 9.17) is 0 Å². The molecule has 1 saturated heterocycles. The van der Waals surface area contributed by atoms with Crippen LogP contribution in [0.2, 0.25) is 0 Å². The Morgan fingerprint density at radius 2 is 2.30 bits per heavy atom. The van der Waals surface area contributed by atoms with Crippen molar-refractivity contribution in [3.8, 4) is 0 Å². The SMILES string of the molecule is CN(CC1CCCNC1)C(=O)C1CSc2ccccc21. The van der Waals surface area contributed by atoms with Gasteiger partial charge < -0.3 is 10.2 Å². The number of hydrogen-bond acceptors (Lipinski definition) is 3. The van der Waals surface area contributed by atoms with Crippen LogP contribution in [0.5, 0.6) is 0 Å². The monoisotopic (exact) mass is 290 g/mol. The molecule has 2 heterocycles. The van der Waals surface area contributed by atoms with Gasteiger partial charge in [0.2, 0.25) is 5.91 Å². The second-order valence-corrected chi connectivity index (χ2v) is 6.89. The van der Waals surface area contributed by atoms with E-state index in [1.54, 1.807) is 0 Å². The highest BCUT2D eigenvalue weighted by atomic mass is 32.2. The van der Waals surface area contributed by atoms with Gasteiger partial charge in [-0.3, -0.25) is 4.79 Å². The van der Waals surface area contributed by atoms with Gasteiger partial charge >= 0.3 is 0 Å². The van der Waals surface area contributed by atoms with Crippen LogP contribution in [0.25, 0.3) is 0 Å². The van der Waals surface area contributed by atoms with Crippen LogP contribution < -0.4 is 5.32 Å². The minimum atomic E-state index is 0.0535. The molecule has 4 heteroatoms. The molecule has 1 N–H and O–H groups in total. The molecule has 1 fully saturated rings. The first kappa shape index (κ1) is 14.0. The molecule has 3 nitrogen and oxygen atoms in total. The Morgan fingerprint density at radius 1 is 1.45 bits per heavy atom. The van der Waals surface area contributed by atoms with Crippen molar-refractivity contribution >= 4 is 17.7 Å². The largest absolute Gasteiger partial charge is 0.345 e. The Balaban J connectivity index is 1.64. The summed E-state index contributed by atoms with van der Waals surface area (Å²) >= 11 is 1.81. The lowest BCUT2D eigenvalue weighted by molar-refractivity contribution is -0.131. The maximum Gasteiger partial charge on any atom is 0.230 e. The van der Waals surface area contributed by atoms with E-state index in [2.05, 4.69) is 23.5 Å². The normalized spacial score (nSPS) is 25.2. The van der Waals surface area contributed by atoms with Gasteiger partial charge in [0.15, 0.2) is 0 Å². The number of likely N-dealkylation sites (N-methyl/N-ethyl adjacent to an activating group) is 1. The summed E-state index contributed by atoms with van der Waals surface area (Å²) in [7, 11) is 1.96. The van der Waals surface area contributed by atoms with Crippen LogP contribution in [-0.2, 0) is 4.79 Å². The van der Waals surface area contributed by atoms with Gasteiger partial charge in [0.25, 0.3) is 0 Å². The third-order valence-electron chi connectivity index (χ3n) is 4.31. The topological polar surface area (TPSA) is 32.3 Å². The highest BCUT2D eigenvalue weighted by molar-refractivity contribution is 7.99. The van der Waals surface area contributed by atoms with Crippen molar-refractivity contribution in [1.29, 1.82) is 0 Å². The van der Waals surface area contributed by atoms with E-state index in [0.29, 0.717) is 5.92 Å². The van der Waals surface area contributed by atoms with Gasteiger partial charge in [-0.1, -0.05) is 18.2 Å². The first-order chi connectivity index (χ1) is 9.75. The fourth-order valence-corrected chi connectivity index (χ4v) is 4.41. The molecule has 1 aromatic rings. The molecule has 2 unspecified atom stereocenters. The number of nitrogens with one attached hydrogen (secondary N) is 1. The second-order valence-electron chi connectivity index (χ2n) is 5.83. The molecule has 2 aliphatic heterocycles. The standard InChI is InChI=1S/C16H22N2OS/c1-18(10-12-5-4-8-17-9-12)16(19)14-11-20-15-7-3-2-6-13(14)15/h2-3,6-7,12,14,17H,4-5,8-11H2,1H3. The first-order valence-corrected chi connectivity index (χ1v) is 8.41. The third kappa shape index (κ3) is 2.86. The van der Waals surface area contributed by atoms with Gasteiger partial charge in [0.1, 0.15) is 0 Å². The zero-order valence-electron chi connectivity index (χ0n) is 12.0. The fraction of sp³-hybridized carbons (Fsp3) is 0.562.